The van der Waals surface area contributed by atoms with E-state index in [1.54, 1.807) is 0 Å². The molecule has 1 aromatic carbocycles. The maximum absolute atomic E-state index is 12.3. The standard InChI is InChI=1S/C17H26N2O/c1-14(2)15-5-7-16(8-6-15)17(20)13-19-10-4-9-18(3)11-12-19/h5-8,14H,4,9-13H2,1-3H3. The lowest BCUT2D eigenvalue weighted by Gasteiger charge is -2.19. The molecule has 1 aliphatic rings. The van der Waals surface area contributed by atoms with E-state index in [1.165, 1.54) is 5.56 Å². The number of hydrogen-bond acceptors (Lipinski definition) is 3. The summed E-state index contributed by atoms with van der Waals surface area (Å²) in [6, 6.07) is 8.10. The molecule has 0 saturated carbocycles. The van der Waals surface area contributed by atoms with Crippen LogP contribution < -0.4 is 0 Å². The first-order valence-electron chi connectivity index (χ1n) is 7.60. The van der Waals surface area contributed by atoms with Crippen LogP contribution in [0, 0.1) is 0 Å². The molecule has 1 fully saturated rings. The van der Waals surface area contributed by atoms with Crippen LogP contribution in [0.1, 0.15) is 42.1 Å². The third-order valence-corrected chi connectivity index (χ3v) is 4.08. The van der Waals surface area contributed by atoms with Gasteiger partial charge in [-0.2, -0.15) is 0 Å². The maximum atomic E-state index is 12.3. The summed E-state index contributed by atoms with van der Waals surface area (Å²) in [6.07, 6.45) is 1.15. The average molecular weight is 274 g/mol. The molecule has 1 aliphatic heterocycles. The van der Waals surface area contributed by atoms with Crippen molar-refractivity contribution in [1.29, 1.82) is 0 Å². The van der Waals surface area contributed by atoms with E-state index in [0.717, 1.165) is 38.2 Å². The van der Waals surface area contributed by atoms with Crippen molar-refractivity contribution in [2.45, 2.75) is 26.2 Å². The summed E-state index contributed by atoms with van der Waals surface area (Å²) in [6.45, 7) is 9.10. The van der Waals surface area contributed by atoms with Crippen molar-refractivity contribution in [3.8, 4) is 0 Å². The van der Waals surface area contributed by atoms with E-state index in [4.69, 9.17) is 0 Å². The van der Waals surface area contributed by atoms with E-state index in [2.05, 4.69) is 42.8 Å². The normalized spacial score (nSPS) is 18.2. The van der Waals surface area contributed by atoms with Crippen molar-refractivity contribution in [2.24, 2.45) is 0 Å². The van der Waals surface area contributed by atoms with Gasteiger partial charge in [-0.05, 0) is 38.0 Å². The van der Waals surface area contributed by atoms with E-state index in [1.807, 2.05) is 12.1 Å². The van der Waals surface area contributed by atoms with Gasteiger partial charge in [0.05, 0.1) is 6.54 Å². The van der Waals surface area contributed by atoms with Crippen LogP contribution >= 0.6 is 0 Å². The summed E-state index contributed by atoms with van der Waals surface area (Å²) in [4.78, 5) is 16.9. The smallest absolute Gasteiger partial charge is 0.176 e. The topological polar surface area (TPSA) is 23.6 Å². The molecule has 0 N–H and O–H groups in total. The minimum absolute atomic E-state index is 0.241. The zero-order valence-corrected chi connectivity index (χ0v) is 12.9. The summed E-state index contributed by atoms with van der Waals surface area (Å²) in [5.41, 5.74) is 2.13. The van der Waals surface area contributed by atoms with E-state index < -0.39 is 0 Å². The SMILES string of the molecule is CC(C)c1ccc(C(=O)CN2CCCN(C)CC2)cc1. The number of carbonyl (C=O) groups excluding carboxylic acids is 1. The molecule has 0 amide bonds. The number of benzene rings is 1. The van der Waals surface area contributed by atoms with Crippen molar-refractivity contribution in [1.82, 2.24) is 9.80 Å². The van der Waals surface area contributed by atoms with Crippen LogP contribution in [0.25, 0.3) is 0 Å². The van der Waals surface area contributed by atoms with Crippen LogP contribution in [0.3, 0.4) is 0 Å². The molecule has 0 atom stereocenters. The number of ketones is 1. The molecule has 110 valence electrons. The van der Waals surface area contributed by atoms with Gasteiger partial charge < -0.3 is 4.90 Å². The van der Waals surface area contributed by atoms with Gasteiger partial charge in [0.1, 0.15) is 0 Å². The van der Waals surface area contributed by atoms with Crippen LogP contribution in [0.2, 0.25) is 0 Å². The number of nitrogens with zero attached hydrogens (tertiary/aromatic N) is 2. The molecule has 3 heteroatoms. The molecule has 0 aromatic heterocycles. The molecule has 0 unspecified atom stereocenters. The zero-order valence-electron chi connectivity index (χ0n) is 12.9. The quantitative estimate of drug-likeness (QED) is 0.789. The Morgan fingerprint density at radius 3 is 2.45 bits per heavy atom. The van der Waals surface area contributed by atoms with Crippen LogP contribution in [-0.4, -0.2) is 55.4 Å². The lowest BCUT2D eigenvalue weighted by molar-refractivity contribution is 0.0933. The second-order valence-corrected chi connectivity index (χ2v) is 6.13. The summed E-state index contributed by atoms with van der Waals surface area (Å²) >= 11 is 0. The first-order valence-corrected chi connectivity index (χ1v) is 7.60. The third-order valence-electron chi connectivity index (χ3n) is 4.08. The van der Waals surface area contributed by atoms with Gasteiger partial charge in [-0.1, -0.05) is 38.1 Å². The van der Waals surface area contributed by atoms with E-state index in [0.29, 0.717) is 12.5 Å². The second kappa shape index (κ2) is 7.00. The summed E-state index contributed by atoms with van der Waals surface area (Å²) in [5.74, 6) is 0.755. The first-order chi connectivity index (χ1) is 9.56. The first kappa shape index (κ1) is 15.2. The maximum Gasteiger partial charge on any atom is 0.176 e. The number of Topliss-reactive ketones (excluding diaryl/α,β-unsaturated/α-hetero) is 1. The van der Waals surface area contributed by atoms with Gasteiger partial charge in [0.25, 0.3) is 0 Å². The van der Waals surface area contributed by atoms with Crippen molar-refractivity contribution in [3.05, 3.63) is 35.4 Å². The van der Waals surface area contributed by atoms with Crippen LogP contribution in [0.4, 0.5) is 0 Å². The zero-order chi connectivity index (χ0) is 14.5. The molecule has 3 nitrogen and oxygen atoms in total. The number of hydrogen-bond donors (Lipinski definition) is 0. The molecule has 0 bridgehead atoms. The Hall–Kier alpha value is -1.19. The number of carbonyl (C=O) groups is 1. The molecule has 2 rings (SSSR count). The summed E-state index contributed by atoms with van der Waals surface area (Å²) in [5, 5.41) is 0. The largest absolute Gasteiger partial charge is 0.305 e. The van der Waals surface area contributed by atoms with Gasteiger partial charge in [0.2, 0.25) is 0 Å². The monoisotopic (exact) mass is 274 g/mol. The molecule has 20 heavy (non-hydrogen) atoms. The highest BCUT2D eigenvalue weighted by Crippen LogP contribution is 2.15. The van der Waals surface area contributed by atoms with Gasteiger partial charge in [-0.3, -0.25) is 9.69 Å². The fraction of sp³-hybridized carbons (Fsp3) is 0.588. The van der Waals surface area contributed by atoms with Crippen molar-refractivity contribution >= 4 is 5.78 Å². The van der Waals surface area contributed by atoms with E-state index in [-0.39, 0.29) is 5.78 Å². The van der Waals surface area contributed by atoms with Crippen LogP contribution in [0.5, 0.6) is 0 Å². The molecule has 1 saturated heterocycles. The molecule has 0 spiro atoms. The van der Waals surface area contributed by atoms with E-state index in [9.17, 15) is 4.79 Å². The predicted octanol–water partition coefficient (Wildman–Crippen LogP) is 2.63. The number of likely N-dealkylation sites (N-methyl/N-ethyl adjacent to an activating group) is 1. The van der Waals surface area contributed by atoms with Gasteiger partial charge in [0, 0.05) is 18.7 Å². The Labute approximate surface area is 122 Å². The highest BCUT2D eigenvalue weighted by Gasteiger charge is 2.16. The van der Waals surface area contributed by atoms with E-state index >= 15 is 0 Å². The molecular weight excluding hydrogens is 248 g/mol. The Bertz CT molecular complexity index is 439. The third kappa shape index (κ3) is 4.15. The molecular formula is C17H26N2O. The molecule has 1 aromatic rings. The average Bonchev–Trinajstić information content (AvgIpc) is 2.64. The lowest BCUT2D eigenvalue weighted by Crippen LogP contribution is -2.33. The minimum Gasteiger partial charge on any atom is -0.305 e. The fourth-order valence-electron chi connectivity index (χ4n) is 2.61. The second-order valence-electron chi connectivity index (χ2n) is 6.13. The molecule has 1 heterocycles. The lowest BCUT2D eigenvalue weighted by atomic mass is 10.0. The van der Waals surface area contributed by atoms with Gasteiger partial charge in [-0.15, -0.1) is 0 Å². The molecule has 0 radical (unpaired) electrons. The Balaban J connectivity index is 1.93. The summed E-state index contributed by atoms with van der Waals surface area (Å²) < 4.78 is 0. The van der Waals surface area contributed by atoms with Gasteiger partial charge in [0.15, 0.2) is 5.78 Å². The fourth-order valence-corrected chi connectivity index (χ4v) is 2.61. The van der Waals surface area contributed by atoms with Crippen LogP contribution in [0.15, 0.2) is 24.3 Å². The highest BCUT2D eigenvalue weighted by molar-refractivity contribution is 5.97. The Kier molecular flexibility index (Phi) is 5.32. The Morgan fingerprint density at radius 1 is 1.10 bits per heavy atom. The van der Waals surface area contributed by atoms with Gasteiger partial charge >= 0.3 is 0 Å². The molecule has 0 aliphatic carbocycles. The Morgan fingerprint density at radius 2 is 1.80 bits per heavy atom. The predicted molar refractivity (Wildman–Crippen MR) is 83.4 cm³/mol. The van der Waals surface area contributed by atoms with Crippen molar-refractivity contribution in [2.75, 3.05) is 39.8 Å². The van der Waals surface area contributed by atoms with Gasteiger partial charge in [-0.25, -0.2) is 0 Å². The van der Waals surface area contributed by atoms with Crippen LogP contribution in [-0.2, 0) is 0 Å². The van der Waals surface area contributed by atoms with Crippen molar-refractivity contribution in [3.63, 3.8) is 0 Å². The van der Waals surface area contributed by atoms with Crippen molar-refractivity contribution < 1.29 is 4.79 Å². The highest BCUT2D eigenvalue weighted by atomic mass is 16.1. The minimum atomic E-state index is 0.241. The summed E-state index contributed by atoms with van der Waals surface area (Å²) in [7, 11) is 2.15. The number of rotatable bonds is 4.